The van der Waals surface area contributed by atoms with E-state index in [1.54, 1.807) is 0 Å². The molecule has 0 saturated heterocycles. The Morgan fingerprint density at radius 2 is 0.961 bits per heavy atom. The minimum Gasteiger partial charge on any atom is -0.243 e. The van der Waals surface area contributed by atoms with Gasteiger partial charge in [-0.2, -0.15) is 5.10 Å². The van der Waals surface area contributed by atoms with E-state index in [1.165, 1.54) is 0 Å². The summed E-state index contributed by atoms with van der Waals surface area (Å²) in [7, 11) is 0. The van der Waals surface area contributed by atoms with E-state index >= 15 is 0 Å². The van der Waals surface area contributed by atoms with Crippen LogP contribution in [0.2, 0.25) is 0 Å². The van der Waals surface area contributed by atoms with Crippen LogP contribution in [-0.4, -0.2) is 19.6 Å². The Kier molecular flexibility index (Phi) is 7.46. The molecule has 0 aliphatic heterocycles. The van der Waals surface area contributed by atoms with Crippen LogP contribution >= 0.6 is 0 Å². The fraction of sp³-hybridized carbons (Fsp3) is 0. The molecule has 9 rings (SSSR count). The van der Waals surface area contributed by atoms with Gasteiger partial charge < -0.3 is 0 Å². The third-order valence-electron chi connectivity index (χ3n) is 9.26. The first-order valence-corrected chi connectivity index (χ1v) is 16.8. The molecule has 0 aliphatic carbocycles. The van der Waals surface area contributed by atoms with Crippen molar-refractivity contribution in [1.82, 2.24) is 19.6 Å². The summed E-state index contributed by atoms with van der Waals surface area (Å²) in [6.07, 6.45) is 0. The Morgan fingerprint density at radius 3 is 1.57 bits per heavy atom. The maximum atomic E-state index is 8.31. The Morgan fingerprint density at radius 1 is 0.451 bits per heavy atom. The van der Waals surface area contributed by atoms with Gasteiger partial charge in [0.05, 0.1) is 29.2 Å². The van der Waals surface area contributed by atoms with Crippen molar-refractivity contribution >= 4 is 22.0 Å². The molecule has 5 heteroatoms. The summed E-state index contributed by atoms with van der Waals surface area (Å²) >= 11 is 0. The van der Waals surface area contributed by atoms with Gasteiger partial charge in [-0.15, -0.1) is 0 Å². The molecule has 3 heterocycles. The van der Waals surface area contributed by atoms with E-state index in [0.717, 1.165) is 72.3 Å². The fourth-order valence-electron chi connectivity index (χ4n) is 6.71. The predicted octanol–water partition coefficient (Wildman–Crippen LogP) is 11.8. The van der Waals surface area contributed by atoms with Crippen molar-refractivity contribution in [3.8, 4) is 67.5 Å². The topological polar surface area (TPSA) is 47.4 Å². The summed E-state index contributed by atoms with van der Waals surface area (Å²) in [4.78, 5) is 14.0. The van der Waals surface area contributed by atoms with Crippen molar-refractivity contribution in [1.29, 1.82) is 0 Å². The van der Waals surface area contributed by atoms with Crippen LogP contribution in [0.3, 0.4) is 0 Å². The van der Waals surface area contributed by atoms with Crippen LogP contribution in [0, 0.1) is 6.57 Å². The summed E-state index contributed by atoms with van der Waals surface area (Å²) in [5.74, 6) is 0.690. The van der Waals surface area contributed by atoms with Crippen molar-refractivity contribution in [3.05, 3.63) is 187 Å². The molecule has 0 fully saturated rings. The first kappa shape index (κ1) is 29.9. The van der Waals surface area contributed by atoms with E-state index in [9.17, 15) is 0 Å². The standard InChI is InChI=1S/C46H29N5/c1-47-44-43(35-18-10-4-11-19-35)50-51-42(34-16-8-3-9-17-34)29-38-27-26-37(28-39(38)45(44)51)31-22-24-33(25-23-31)41-30-40(32-14-6-2-7-15-32)48-46(49-41)36-20-12-5-13-21-36/h2-30H. The van der Waals surface area contributed by atoms with Gasteiger partial charge >= 0.3 is 0 Å². The van der Waals surface area contributed by atoms with E-state index < -0.39 is 0 Å². The molecule has 3 aromatic heterocycles. The molecule has 6 aromatic carbocycles. The van der Waals surface area contributed by atoms with Crippen molar-refractivity contribution in [2.45, 2.75) is 0 Å². The fourth-order valence-corrected chi connectivity index (χ4v) is 6.71. The van der Waals surface area contributed by atoms with E-state index in [0.29, 0.717) is 17.2 Å². The predicted molar refractivity (Wildman–Crippen MR) is 207 cm³/mol. The summed E-state index contributed by atoms with van der Waals surface area (Å²) in [6, 6.07) is 59.8. The van der Waals surface area contributed by atoms with Crippen molar-refractivity contribution < 1.29 is 0 Å². The molecule has 51 heavy (non-hydrogen) atoms. The molecule has 0 radical (unpaired) electrons. The van der Waals surface area contributed by atoms with E-state index in [-0.39, 0.29) is 0 Å². The van der Waals surface area contributed by atoms with Crippen LogP contribution in [0.5, 0.6) is 0 Å². The molecule has 0 unspecified atom stereocenters. The lowest BCUT2D eigenvalue weighted by Crippen LogP contribution is -1.96. The highest BCUT2D eigenvalue weighted by molar-refractivity contribution is 6.08. The number of hydrogen-bond donors (Lipinski definition) is 0. The van der Waals surface area contributed by atoms with Crippen LogP contribution in [0.15, 0.2) is 176 Å². The lowest BCUT2D eigenvalue weighted by Gasteiger charge is -2.12. The lowest BCUT2D eigenvalue weighted by molar-refractivity contribution is 0.979. The maximum Gasteiger partial charge on any atom is 0.240 e. The van der Waals surface area contributed by atoms with E-state index in [1.807, 2.05) is 102 Å². The van der Waals surface area contributed by atoms with Crippen LogP contribution in [0.25, 0.3) is 88.7 Å². The zero-order valence-electron chi connectivity index (χ0n) is 27.5. The average Bonchev–Trinajstić information content (AvgIpc) is 3.62. The molecule has 0 spiro atoms. The molecular formula is C46H29N5. The summed E-state index contributed by atoms with van der Waals surface area (Å²) in [5.41, 5.74) is 11.8. The highest BCUT2D eigenvalue weighted by Gasteiger charge is 2.21. The van der Waals surface area contributed by atoms with Crippen molar-refractivity contribution in [2.24, 2.45) is 0 Å². The number of nitrogens with zero attached hydrogens (tertiary/aromatic N) is 5. The number of benzene rings is 6. The molecule has 5 nitrogen and oxygen atoms in total. The summed E-state index contributed by atoms with van der Waals surface area (Å²) in [6.45, 7) is 8.31. The SMILES string of the molecule is [C-]#[N+]c1c(-c2ccccc2)nn2c(-c3ccccc3)cc3ccc(-c4ccc(-c5cc(-c6ccccc6)nc(-c6ccccc6)n5)cc4)cc3c12. The molecular weight excluding hydrogens is 623 g/mol. The van der Waals surface area contributed by atoms with Gasteiger partial charge in [-0.25, -0.2) is 19.3 Å². The molecule has 9 aromatic rings. The van der Waals surface area contributed by atoms with E-state index in [2.05, 4.69) is 83.7 Å². The number of aromatic nitrogens is 4. The highest BCUT2D eigenvalue weighted by Crippen LogP contribution is 2.41. The van der Waals surface area contributed by atoms with Gasteiger partial charge in [0.2, 0.25) is 5.69 Å². The lowest BCUT2D eigenvalue weighted by atomic mass is 9.97. The molecule has 238 valence electrons. The molecule has 0 amide bonds. The van der Waals surface area contributed by atoms with Crippen LogP contribution < -0.4 is 0 Å². The molecule has 0 atom stereocenters. The first-order valence-electron chi connectivity index (χ1n) is 16.8. The molecule has 0 saturated carbocycles. The summed E-state index contributed by atoms with van der Waals surface area (Å²) in [5, 5.41) is 7.11. The van der Waals surface area contributed by atoms with Crippen molar-refractivity contribution in [3.63, 3.8) is 0 Å². The molecule has 0 bridgehead atoms. The smallest absolute Gasteiger partial charge is 0.240 e. The third kappa shape index (κ3) is 5.51. The zero-order valence-corrected chi connectivity index (χ0v) is 27.5. The number of hydrogen-bond acceptors (Lipinski definition) is 3. The largest absolute Gasteiger partial charge is 0.243 e. The minimum atomic E-state index is 0.545. The number of rotatable bonds is 6. The second-order valence-electron chi connectivity index (χ2n) is 12.4. The van der Waals surface area contributed by atoms with Crippen LogP contribution in [0.4, 0.5) is 5.69 Å². The van der Waals surface area contributed by atoms with Gasteiger partial charge in [0.15, 0.2) is 5.82 Å². The van der Waals surface area contributed by atoms with Crippen LogP contribution in [0.1, 0.15) is 0 Å². The first-order chi connectivity index (χ1) is 25.2. The second-order valence-corrected chi connectivity index (χ2v) is 12.4. The monoisotopic (exact) mass is 651 g/mol. The summed E-state index contributed by atoms with van der Waals surface area (Å²) < 4.78 is 1.95. The van der Waals surface area contributed by atoms with Crippen LogP contribution in [-0.2, 0) is 0 Å². The Balaban J connectivity index is 1.17. The quantitative estimate of drug-likeness (QED) is 0.168. The number of fused-ring (bicyclic) bond motifs is 3. The van der Waals surface area contributed by atoms with Gasteiger partial charge in [-0.3, -0.25) is 0 Å². The minimum absolute atomic E-state index is 0.545. The number of pyridine rings is 1. The molecule has 0 N–H and O–H groups in total. The Labute approximate surface area is 295 Å². The van der Waals surface area contributed by atoms with Gasteiger partial charge in [0.1, 0.15) is 5.69 Å². The Bertz CT molecular complexity index is 2660. The van der Waals surface area contributed by atoms with Gasteiger partial charge in [-0.05, 0) is 45.7 Å². The maximum absolute atomic E-state index is 8.31. The average molecular weight is 652 g/mol. The van der Waals surface area contributed by atoms with Gasteiger partial charge in [0, 0.05) is 22.3 Å². The second kappa shape index (κ2) is 12.7. The van der Waals surface area contributed by atoms with Crippen molar-refractivity contribution in [2.75, 3.05) is 0 Å². The third-order valence-corrected chi connectivity index (χ3v) is 9.26. The van der Waals surface area contributed by atoms with Gasteiger partial charge in [0.25, 0.3) is 0 Å². The molecule has 0 aliphatic rings. The normalized spacial score (nSPS) is 11.1. The highest BCUT2D eigenvalue weighted by atomic mass is 15.2. The van der Waals surface area contributed by atoms with E-state index in [4.69, 9.17) is 21.6 Å². The van der Waals surface area contributed by atoms with Gasteiger partial charge in [-0.1, -0.05) is 158 Å². The Hall–Kier alpha value is -7.16. The zero-order chi connectivity index (χ0) is 34.1.